The zero-order valence-electron chi connectivity index (χ0n) is 9.69. The van der Waals surface area contributed by atoms with Crippen molar-refractivity contribution < 1.29 is 24.1 Å². The minimum atomic E-state index is -0.159. The van der Waals surface area contributed by atoms with Gasteiger partial charge in [-0.05, 0) is 19.9 Å². The second kappa shape index (κ2) is 4.45. The average Bonchev–Trinajstić information content (AvgIpc) is 2.80. The molecule has 0 radical (unpaired) electrons. The fourth-order valence-corrected chi connectivity index (χ4v) is 1.68. The van der Waals surface area contributed by atoms with Crippen LogP contribution in [0.3, 0.4) is 0 Å². The molecule has 92 valence electrons. The van der Waals surface area contributed by atoms with Crippen molar-refractivity contribution >= 4 is 11.0 Å². The molecule has 0 bridgehead atoms. The molecule has 2 rings (SSSR count). The SMILES string of the molecule is CCOc1c(OCC)c(O)c2occc2c1O. The minimum Gasteiger partial charge on any atom is -0.504 e. The van der Waals surface area contributed by atoms with Crippen LogP contribution in [-0.2, 0) is 0 Å². The van der Waals surface area contributed by atoms with Crippen LogP contribution in [0, 0.1) is 0 Å². The van der Waals surface area contributed by atoms with Crippen LogP contribution in [0.2, 0.25) is 0 Å². The van der Waals surface area contributed by atoms with E-state index in [1.54, 1.807) is 19.9 Å². The lowest BCUT2D eigenvalue weighted by Crippen LogP contribution is -1.99. The van der Waals surface area contributed by atoms with E-state index < -0.39 is 0 Å². The van der Waals surface area contributed by atoms with Gasteiger partial charge in [0, 0.05) is 0 Å². The Morgan fingerprint density at radius 1 is 1.06 bits per heavy atom. The summed E-state index contributed by atoms with van der Waals surface area (Å²) in [6.45, 7) is 4.26. The van der Waals surface area contributed by atoms with Gasteiger partial charge >= 0.3 is 0 Å². The normalized spacial score (nSPS) is 10.7. The molecular formula is C12H14O5. The van der Waals surface area contributed by atoms with Gasteiger partial charge in [-0.3, -0.25) is 0 Å². The zero-order chi connectivity index (χ0) is 12.4. The quantitative estimate of drug-likeness (QED) is 0.801. The Hall–Kier alpha value is -2.04. The first-order valence-corrected chi connectivity index (χ1v) is 5.41. The summed E-state index contributed by atoms with van der Waals surface area (Å²) in [4.78, 5) is 0. The summed E-state index contributed by atoms with van der Waals surface area (Å²) in [7, 11) is 0. The molecule has 0 unspecified atom stereocenters. The third-order valence-corrected chi connectivity index (χ3v) is 2.35. The van der Waals surface area contributed by atoms with Gasteiger partial charge in [-0.25, -0.2) is 0 Å². The molecule has 2 N–H and O–H groups in total. The van der Waals surface area contributed by atoms with Crippen LogP contribution in [0.4, 0.5) is 0 Å². The summed E-state index contributed by atoms with van der Waals surface area (Å²) in [6, 6.07) is 1.56. The molecule has 0 aliphatic rings. The van der Waals surface area contributed by atoms with Crippen LogP contribution in [-0.4, -0.2) is 23.4 Å². The van der Waals surface area contributed by atoms with Gasteiger partial charge in [-0.2, -0.15) is 0 Å². The van der Waals surface area contributed by atoms with Crippen molar-refractivity contribution in [3.63, 3.8) is 0 Å². The molecule has 5 heteroatoms. The molecule has 1 heterocycles. The highest BCUT2D eigenvalue weighted by Crippen LogP contribution is 2.50. The maximum Gasteiger partial charge on any atom is 0.211 e. The summed E-state index contributed by atoms with van der Waals surface area (Å²) in [5.41, 5.74) is 0.189. The molecule has 1 aromatic carbocycles. The lowest BCUT2D eigenvalue weighted by Gasteiger charge is -2.14. The lowest BCUT2D eigenvalue weighted by molar-refractivity contribution is 0.265. The molecule has 5 nitrogen and oxygen atoms in total. The van der Waals surface area contributed by atoms with Crippen molar-refractivity contribution in [1.82, 2.24) is 0 Å². The first-order chi connectivity index (χ1) is 8.20. The van der Waals surface area contributed by atoms with Crippen molar-refractivity contribution in [2.45, 2.75) is 13.8 Å². The number of rotatable bonds is 4. The Labute approximate surface area is 98.2 Å². The first kappa shape index (κ1) is 11.4. The molecule has 17 heavy (non-hydrogen) atoms. The Kier molecular flexibility index (Phi) is 2.99. The number of benzene rings is 1. The Bertz CT molecular complexity index is 483. The van der Waals surface area contributed by atoms with Gasteiger partial charge in [0.05, 0.1) is 24.9 Å². The van der Waals surface area contributed by atoms with Gasteiger partial charge < -0.3 is 24.1 Å². The van der Waals surface area contributed by atoms with E-state index in [0.717, 1.165) is 0 Å². The maximum atomic E-state index is 10.0. The van der Waals surface area contributed by atoms with Crippen molar-refractivity contribution in [3.05, 3.63) is 12.3 Å². The van der Waals surface area contributed by atoms with Crippen LogP contribution >= 0.6 is 0 Å². The van der Waals surface area contributed by atoms with E-state index in [0.29, 0.717) is 18.6 Å². The van der Waals surface area contributed by atoms with E-state index in [1.165, 1.54) is 6.26 Å². The Morgan fingerprint density at radius 3 is 2.24 bits per heavy atom. The second-order valence-corrected chi connectivity index (χ2v) is 3.38. The van der Waals surface area contributed by atoms with E-state index in [2.05, 4.69) is 0 Å². The summed E-state index contributed by atoms with van der Waals surface area (Å²) in [6.07, 6.45) is 1.38. The maximum absolute atomic E-state index is 10.0. The minimum absolute atomic E-state index is 0.0862. The van der Waals surface area contributed by atoms with Crippen LogP contribution in [0.15, 0.2) is 16.7 Å². The molecule has 0 aliphatic heterocycles. The molecule has 0 aliphatic carbocycles. The van der Waals surface area contributed by atoms with Gasteiger partial charge in [0.15, 0.2) is 11.3 Å². The van der Waals surface area contributed by atoms with Gasteiger partial charge in [-0.1, -0.05) is 0 Å². The highest BCUT2D eigenvalue weighted by Gasteiger charge is 2.23. The van der Waals surface area contributed by atoms with E-state index >= 15 is 0 Å². The summed E-state index contributed by atoms with van der Waals surface area (Å²) < 4.78 is 15.7. The molecule has 0 atom stereocenters. The smallest absolute Gasteiger partial charge is 0.211 e. The van der Waals surface area contributed by atoms with E-state index in [1.807, 2.05) is 0 Å². The van der Waals surface area contributed by atoms with E-state index in [-0.39, 0.29) is 28.6 Å². The summed E-state index contributed by atoms with van der Waals surface area (Å²) in [5, 5.41) is 20.4. The van der Waals surface area contributed by atoms with Crippen LogP contribution in [0.5, 0.6) is 23.0 Å². The molecule has 0 spiro atoms. The fraction of sp³-hybridized carbons (Fsp3) is 0.333. The summed E-state index contributed by atoms with van der Waals surface area (Å²) in [5.74, 6) is 0.000000000000000666. The zero-order valence-corrected chi connectivity index (χ0v) is 9.69. The molecule has 0 fully saturated rings. The first-order valence-electron chi connectivity index (χ1n) is 5.41. The Morgan fingerprint density at radius 2 is 1.65 bits per heavy atom. The number of phenols is 2. The van der Waals surface area contributed by atoms with Gasteiger partial charge in [0.1, 0.15) is 0 Å². The third kappa shape index (κ3) is 1.73. The third-order valence-electron chi connectivity index (χ3n) is 2.35. The van der Waals surface area contributed by atoms with Gasteiger partial charge in [-0.15, -0.1) is 0 Å². The van der Waals surface area contributed by atoms with E-state index in [4.69, 9.17) is 13.9 Å². The molecule has 0 saturated heterocycles. The number of ether oxygens (including phenoxy) is 2. The molecule has 0 amide bonds. The second-order valence-electron chi connectivity index (χ2n) is 3.38. The Balaban J connectivity index is 2.72. The van der Waals surface area contributed by atoms with Crippen molar-refractivity contribution in [3.8, 4) is 23.0 Å². The number of furan rings is 1. The number of aromatic hydroxyl groups is 2. The van der Waals surface area contributed by atoms with Gasteiger partial charge in [0.2, 0.25) is 17.2 Å². The van der Waals surface area contributed by atoms with Crippen molar-refractivity contribution in [2.24, 2.45) is 0 Å². The highest BCUT2D eigenvalue weighted by atomic mass is 16.5. The monoisotopic (exact) mass is 238 g/mol. The molecule has 0 saturated carbocycles. The number of phenolic OH excluding ortho intramolecular Hbond substituents is 2. The predicted octanol–water partition coefficient (Wildman–Crippen LogP) is 2.64. The summed E-state index contributed by atoms with van der Waals surface area (Å²) >= 11 is 0. The van der Waals surface area contributed by atoms with Crippen LogP contribution in [0.25, 0.3) is 11.0 Å². The topological polar surface area (TPSA) is 72.1 Å². The largest absolute Gasteiger partial charge is 0.504 e. The highest BCUT2D eigenvalue weighted by molar-refractivity contribution is 5.94. The van der Waals surface area contributed by atoms with Crippen LogP contribution < -0.4 is 9.47 Å². The standard InChI is InChI=1S/C12H14O5/c1-3-15-11-8(13)7-5-6-17-10(7)9(14)12(11)16-4-2/h5-6,13-14H,3-4H2,1-2H3. The molecular weight excluding hydrogens is 224 g/mol. The number of hydrogen-bond donors (Lipinski definition) is 2. The lowest BCUT2D eigenvalue weighted by atomic mass is 10.2. The van der Waals surface area contributed by atoms with Crippen LogP contribution in [0.1, 0.15) is 13.8 Å². The van der Waals surface area contributed by atoms with E-state index in [9.17, 15) is 10.2 Å². The number of hydrogen-bond acceptors (Lipinski definition) is 5. The predicted molar refractivity (Wildman–Crippen MR) is 61.9 cm³/mol. The molecule has 1 aromatic heterocycles. The van der Waals surface area contributed by atoms with Crippen molar-refractivity contribution in [2.75, 3.05) is 13.2 Å². The molecule has 2 aromatic rings. The van der Waals surface area contributed by atoms with Crippen molar-refractivity contribution in [1.29, 1.82) is 0 Å². The average molecular weight is 238 g/mol. The van der Waals surface area contributed by atoms with Gasteiger partial charge in [0.25, 0.3) is 0 Å². The number of fused-ring (bicyclic) bond motifs is 1. The fourth-order valence-electron chi connectivity index (χ4n) is 1.68.